The van der Waals surface area contributed by atoms with Crippen LogP contribution in [0.4, 0.5) is 0 Å². The van der Waals surface area contributed by atoms with Crippen LogP contribution in [0.25, 0.3) is 0 Å². The average Bonchev–Trinajstić information content (AvgIpc) is 2.15. The van der Waals surface area contributed by atoms with Gasteiger partial charge in [-0.2, -0.15) is 0 Å². The Morgan fingerprint density at radius 1 is 1.25 bits per heavy atom. The molecule has 8 heavy (non-hydrogen) atoms. The molecule has 0 saturated heterocycles. The maximum atomic E-state index is 2.35. The Hall–Kier alpha value is -0.0918. The van der Waals surface area contributed by atoms with Crippen LogP contribution in [0.5, 0.6) is 0 Å². The number of rotatable bonds is 0. The minimum atomic E-state index is -0.0338. The zero-order valence-corrected chi connectivity index (χ0v) is 6.89. The second-order valence-electron chi connectivity index (χ2n) is 1.81. The van der Waals surface area contributed by atoms with Gasteiger partial charge in [0.15, 0.2) is 0 Å². The van der Waals surface area contributed by atoms with Gasteiger partial charge in [-0.25, -0.2) is 0 Å². The van der Waals surface area contributed by atoms with Gasteiger partial charge in [0.05, 0.1) is 0 Å². The molecule has 38 valence electrons. The van der Waals surface area contributed by atoms with E-state index in [9.17, 15) is 0 Å². The van der Waals surface area contributed by atoms with Gasteiger partial charge in [0, 0.05) is 0 Å². The number of allylic oxidation sites excluding steroid dienone is 5. The zero-order valence-electron chi connectivity index (χ0n) is 4.33. The van der Waals surface area contributed by atoms with Gasteiger partial charge in [0.2, 0.25) is 0 Å². The second-order valence-corrected chi connectivity index (χ2v) is 4.77. The van der Waals surface area contributed by atoms with Crippen molar-refractivity contribution in [3.8, 4) is 0 Å². The fourth-order valence-corrected chi connectivity index (χ4v) is 3.35. The molecule has 0 amide bonds. The van der Waals surface area contributed by atoms with E-state index >= 15 is 0 Å². The molecule has 0 unspecified atom stereocenters. The summed E-state index contributed by atoms with van der Waals surface area (Å²) in [5.41, 5.74) is 1.47. The van der Waals surface area contributed by atoms with Gasteiger partial charge < -0.3 is 0 Å². The van der Waals surface area contributed by atoms with Crippen LogP contribution < -0.4 is 0 Å². The molecule has 0 atom stereocenters. The van der Waals surface area contributed by atoms with E-state index in [1.165, 1.54) is 5.57 Å². The van der Waals surface area contributed by atoms with E-state index in [0.29, 0.717) is 0 Å². The average molecular weight is 211 g/mol. The van der Waals surface area contributed by atoms with Crippen LogP contribution in [0.1, 0.15) is 0 Å². The summed E-state index contributed by atoms with van der Waals surface area (Å²) in [4.78, 5) is 0. The molecule has 0 bridgehead atoms. The van der Waals surface area contributed by atoms with Crippen molar-refractivity contribution in [2.24, 2.45) is 0 Å². The molecule has 0 nitrogen and oxygen atoms in total. The first-order valence-corrected chi connectivity index (χ1v) is 5.35. The topological polar surface area (TPSA) is 0 Å². The zero-order chi connectivity index (χ0) is 5.40. The van der Waals surface area contributed by atoms with Crippen molar-refractivity contribution < 1.29 is 0 Å². The molecule has 1 aliphatic carbocycles. The van der Waals surface area contributed by atoms with E-state index in [2.05, 4.69) is 28.3 Å². The molecule has 2 rings (SSSR count). The third-order valence-corrected chi connectivity index (χ3v) is 4.10. The summed E-state index contributed by atoms with van der Waals surface area (Å²) in [6.07, 6.45) is 8.82. The molecule has 0 N–H and O–H groups in total. The maximum absolute atomic E-state index is 2.35. The van der Waals surface area contributed by atoms with E-state index in [1.54, 1.807) is 3.45 Å². The first-order chi connectivity index (χ1) is 3.97. The van der Waals surface area contributed by atoms with Crippen molar-refractivity contribution in [2.75, 3.05) is 0 Å². The summed E-state index contributed by atoms with van der Waals surface area (Å²) in [5, 5.41) is 0. The number of fused-ring (bicyclic) bond motifs is 1. The molecule has 0 aromatic carbocycles. The molecule has 0 aromatic heterocycles. The molecular weight excluding hydrogens is 206 g/mol. The first-order valence-electron chi connectivity index (χ1n) is 2.60. The Labute approximate surface area is 58.6 Å². The SMILES string of the molecule is C1=C[C]2=[Sb][CH]=CC2=C1. The third kappa shape index (κ3) is 0.562. The quantitative estimate of drug-likeness (QED) is 0.521. The van der Waals surface area contributed by atoms with Crippen LogP contribution in [0.15, 0.2) is 33.9 Å². The van der Waals surface area contributed by atoms with E-state index in [4.69, 9.17) is 0 Å². The Morgan fingerprint density at radius 2 is 2.25 bits per heavy atom. The Morgan fingerprint density at radius 3 is 3.12 bits per heavy atom. The molecule has 0 spiro atoms. The summed E-state index contributed by atoms with van der Waals surface area (Å²) in [6.45, 7) is 0. The molecular formula is C7H5Sb. The van der Waals surface area contributed by atoms with Gasteiger partial charge in [0.25, 0.3) is 0 Å². The van der Waals surface area contributed by atoms with Crippen molar-refractivity contribution in [1.82, 2.24) is 0 Å². The van der Waals surface area contributed by atoms with Crippen LogP contribution >= 0.6 is 0 Å². The summed E-state index contributed by atoms with van der Waals surface area (Å²) in [6, 6.07) is 0. The van der Waals surface area contributed by atoms with E-state index in [1.807, 2.05) is 0 Å². The van der Waals surface area contributed by atoms with Gasteiger partial charge in [-0.3, -0.25) is 0 Å². The standard InChI is InChI=1S/C7H5.Sb/c1-2-7-5-3-4-6-7;/h1-5H;. The molecule has 0 saturated carbocycles. The predicted molar refractivity (Wildman–Crippen MR) is 37.1 cm³/mol. The van der Waals surface area contributed by atoms with Gasteiger partial charge in [-0.1, -0.05) is 0 Å². The van der Waals surface area contributed by atoms with E-state index < -0.39 is 0 Å². The molecule has 1 heteroatoms. The summed E-state index contributed by atoms with van der Waals surface area (Å²) in [7, 11) is 0. The molecule has 1 aliphatic heterocycles. The summed E-state index contributed by atoms with van der Waals surface area (Å²) in [5.74, 6) is 0. The Bertz CT molecular complexity index is 203. The van der Waals surface area contributed by atoms with Gasteiger partial charge >= 0.3 is 58.5 Å². The van der Waals surface area contributed by atoms with Crippen molar-refractivity contribution in [2.45, 2.75) is 0 Å². The van der Waals surface area contributed by atoms with Crippen molar-refractivity contribution in [1.29, 1.82) is 0 Å². The van der Waals surface area contributed by atoms with Crippen molar-refractivity contribution >= 4 is 24.6 Å². The van der Waals surface area contributed by atoms with Crippen LogP contribution in [-0.4, -0.2) is 24.6 Å². The number of hydrogen-bond donors (Lipinski definition) is 0. The molecule has 2 aliphatic rings. The first kappa shape index (κ1) is 4.76. The minimum absolute atomic E-state index is 0.0338. The van der Waals surface area contributed by atoms with Crippen molar-refractivity contribution in [3.05, 3.63) is 33.9 Å². The summed E-state index contributed by atoms with van der Waals surface area (Å²) < 4.78 is 3.98. The van der Waals surface area contributed by atoms with E-state index in [0.717, 1.165) is 0 Å². The Kier molecular flexibility index (Phi) is 1.01. The number of hydrogen-bond acceptors (Lipinski definition) is 0. The molecule has 1 heterocycles. The van der Waals surface area contributed by atoms with Crippen molar-refractivity contribution in [3.63, 3.8) is 0 Å². The fourth-order valence-electron chi connectivity index (χ4n) is 0.881. The van der Waals surface area contributed by atoms with Gasteiger partial charge in [0.1, 0.15) is 0 Å². The molecule has 0 radical (unpaired) electrons. The van der Waals surface area contributed by atoms with Crippen LogP contribution in [0.3, 0.4) is 0 Å². The summed E-state index contributed by atoms with van der Waals surface area (Å²) >= 11 is -0.0338. The van der Waals surface area contributed by atoms with Gasteiger partial charge in [-0.05, 0) is 0 Å². The Balaban J connectivity index is 2.59. The monoisotopic (exact) mass is 210 g/mol. The normalized spacial score (nSPS) is 21.0. The molecule has 0 fully saturated rings. The predicted octanol–water partition coefficient (Wildman–Crippen LogP) is 0.886. The molecule has 0 aromatic rings. The van der Waals surface area contributed by atoms with E-state index in [-0.39, 0.29) is 21.1 Å². The van der Waals surface area contributed by atoms with Crippen LogP contribution in [-0.2, 0) is 0 Å². The third-order valence-electron chi connectivity index (χ3n) is 1.29. The second kappa shape index (κ2) is 1.70. The van der Waals surface area contributed by atoms with Gasteiger partial charge in [-0.15, -0.1) is 0 Å². The van der Waals surface area contributed by atoms with Crippen LogP contribution in [0, 0.1) is 0 Å². The van der Waals surface area contributed by atoms with Crippen LogP contribution in [0.2, 0.25) is 0 Å². The fraction of sp³-hybridized carbons (Fsp3) is 0.